The van der Waals surface area contributed by atoms with Gasteiger partial charge in [0.1, 0.15) is 0 Å². The second-order valence-electron chi connectivity index (χ2n) is 26.4. The minimum Gasteiger partial charge on any atom is -0.300 e. The quantitative estimate of drug-likeness (QED) is 0.121. The van der Waals surface area contributed by atoms with Crippen LogP contribution in [0.15, 0.2) is 146 Å². The van der Waals surface area contributed by atoms with Gasteiger partial charge in [-0.25, -0.2) is 17.6 Å². The predicted octanol–water partition coefficient (Wildman–Crippen LogP) is 20.9. The molecule has 0 bridgehead atoms. The second-order valence-corrected chi connectivity index (χ2v) is 29.4. The summed E-state index contributed by atoms with van der Waals surface area (Å²) in [6.45, 7) is 12.3. The summed E-state index contributed by atoms with van der Waals surface area (Å²) >= 11 is 42.8. The molecule has 0 fully saturated rings. The minimum absolute atomic E-state index is 0.198. The van der Waals surface area contributed by atoms with Gasteiger partial charge in [0.25, 0.3) is 0 Å². The van der Waals surface area contributed by atoms with Crippen molar-refractivity contribution in [1.29, 1.82) is 0 Å². The predicted molar refractivity (Wildman–Crippen MR) is 416 cm³/mol. The number of rotatable bonds is 1. The molecule has 0 aliphatic carbocycles. The third kappa shape index (κ3) is 15.5. The fourth-order valence-corrected chi connectivity index (χ4v) is 15.3. The Kier molecular flexibility index (Phi) is 22.1. The van der Waals surface area contributed by atoms with Crippen LogP contribution in [0.1, 0.15) is 105 Å². The van der Waals surface area contributed by atoms with Gasteiger partial charge in [-0.2, -0.15) is 0 Å². The zero-order valence-electron chi connectivity index (χ0n) is 57.5. The second kappa shape index (κ2) is 31.2. The van der Waals surface area contributed by atoms with E-state index in [1.807, 2.05) is 81.9 Å². The molecule has 0 saturated heterocycles. The van der Waals surface area contributed by atoms with Gasteiger partial charge in [-0.05, 0) is 260 Å². The first kappa shape index (κ1) is 73.1. The van der Waals surface area contributed by atoms with E-state index in [9.17, 15) is 17.6 Å². The molecular formula is C84H69Cl7F4N8. The minimum atomic E-state index is -0.893. The number of likely N-dealkylation sites (N-methyl/N-ethyl adjacent to an activating group) is 4. The van der Waals surface area contributed by atoms with E-state index in [1.54, 1.807) is 18.2 Å². The molecule has 4 aliphatic heterocycles. The molecule has 0 N–H and O–H groups in total. The molecule has 12 aromatic rings. The Morgan fingerprint density at radius 1 is 0.379 bits per heavy atom. The van der Waals surface area contributed by atoms with E-state index in [4.69, 9.17) is 81.2 Å². The molecule has 103 heavy (non-hydrogen) atoms. The van der Waals surface area contributed by atoms with Gasteiger partial charge in [0.15, 0.2) is 23.3 Å². The largest absolute Gasteiger partial charge is 0.300 e. The van der Waals surface area contributed by atoms with Crippen LogP contribution in [0.3, 0.4) is 0 Å². The molecule has 2 unspecified atom stereocenters. The van der Waals surface area contributed by atoms with Gasteiger partial charge in [0.05, 0.1) is 59.6 Å². The normalized spacial score (nSPS) is 15.6. The maximum absolute atomic E-state index is 13.5. The SMILES string of the molecule is CC1c2c(c3cc(Cl)ccc3n2C#Cc2ccc(F)c(F)c2)CCN1C.CCC1c2c(c3cc(Cl)ccc3n2C#Cc2ccc(F)c(F)c2)CCN1C.CN1CCc2c(n(C#Cc3ccc(Cl)c(Cl)c3)c3ccc(Cl)cc23)C1.Cc1ccc2c(c1)c1c(n2C#Cc2ccc(Cl)c(Cl)c2)CN(C)CC1. The maximum Gasteiger partial charge on any atom is 0.160 e. The van der Waals surface area contributed by atoms with Crippen molar-refractivity contribution in [2.75, 3.05) is 54.4 Å². The lowest BCUT2D eigenvalue weighted by Gasteiger charge is -2.32. The van der Waals surface area contributed by atoms with E-state index in [1.165, 1.54) is 73.3 Å². The topological polar surface area (TPSA) is 32.7 Å². The van der Waals surface area contributed by atoms with Crippen LogP contribution in [-0.2, 0) is 38.8 Å². The summed E-state index contributed by atoms with van der Waals surface area (Å²) in [6, 6.07) is 55.9. The zero-order chi connectivity index (χ0) is 72.7. The molecule has 8 heterocycles. The lowest BCUT2D eigenvalue weighted by Crippen LogP contribution is -2.32. The first-order chi connectivity index (χ1) is 49.5. The molecule has 0 spiro atoms. The highest BCUT2D eigenvalue weighted by Gasteiger charge is 2.31. The number of hydrogen-bond acceptors (Lipinski definition) is 4. The Morgan fingerprint density at radius 2 is 0.748 bits per heavy atom. The van der Waals surface area contributed by atoms with Gasteiger partial charge in [0, 0.05) is 140 Å². The fraction of sp³-hybridized carbons (Fsp3) is 0.238. The Labute approximate surface area is 632 Å². The first-order valence-electron chi connectivity index (χ1n) is 33.8. The highest BCUT2D eigenvalue weighted by molar-refractivity contribution is 6.42. The number of fused-ring (bicyclic) bond motifs is 12. The summed E-state index contributed by atoms with van der Waals surface area (Å²) in [6.07, 6.45) is 4.88. The molecule has 19 heteroatoms. The average Bonchev–Trinajstić information content (AvgIpc) is 1.62. The lowest BCUT2D eigenvalue weighted by molar-refractivity contribution is 0.219. The van der Waals surface area contributed by atoms with Gasteiger partial charge in [0.2, 0.25) is 0 Å². The molecule has 4 aliphatic rings. The third-order valence-corrected chi connectivity index (χ3v) is 21.8. The summed E-state index contributed by atoms with van der Waals surface area (Å²) in [7, 11) is 8.49. The molecule has 16 rings (SSSR count). The molecule has 0 amide bonds. The van der Waals surface area contributed by atoms with Crippen LogP contribution in [0, 0.1) is 78.1 Å². The van der Waals surface area contributed by atoms with Crippen LogP contribution in [0.25, 0.3) is 43.6 Å². The van der Waals surface area contributed by atoms with Gasteiger partial charge >= 0.3 is 0 Å². The molecule has 4 aromatic heterocycles. The van der Waals surface area contributed by atoms with E-state index in [-0.39, 0.29) is 12.1 Å². The smallest absolute Gasteiger partial charge is 0.160 e. The highest BCUT2D eigenvalue weighted by Crippen LogP contribution is 2.41. The number of nitrogens with zero attached hydrogens (tertiary/aromatic N) is 8. The summed E-state index contributed by atoms with van der Waals surface area (Å²) in [5.41, 5.74) is 18.2. The summed E-state index contributed by atoms with van der Waals surface area (Å²) in [5, 5.41) is 9.01. The van der Waals surface area contributed by atoms with E-state index >= 15 is 0 Å². The average molecular weight is 1510 g/mol. The number of aryl methyl sites for hydroxylation is 1. The molecule has 8 nitrogen and oxygen atoms in total. The van der Waals surface area contributed by atoms with Crippen molar-refractivity contribution in [2.24, 2.45) is 0 Å². The third-order valence-electron chi connectivity index (χ3n) is 19.6. The summed E-state index contributed by atoms with van der Waals surface area (Å²) in [5.74, 6) is 8.87. The highest BCUT2D eigenvalue weighted by atomic mass is 35.5. The Balaban J connectivity index is 0.000000122. The molecular weight excluding hydrogens is 1450 g/mol. The Bertz CT molecular complexity index is 5460. The molecule has 2 atom stereocenters. The van der Waals surface area contributed by atoms with Crippen molar-refractivity contribution in [3.8, 4) is 47.9 Å². The number of benzene rings is 8. The van der Waals surface area contributed by atoms with Crippen molar-refractivity contribution >= 4 is 125 Å². The van der Waals surface area contributed by atoms with Crippen LogP contribution in [0.5, 0.6) is 0 Å². The van der Waals surface area contributed by atoms with E-state index in [0.29, 0.717) is 41.3 Å². The number of hydrogen-bond donors (Lipinski definition) is 0. The van der Waals surface area contributed by atoms with E-state index in [2.05, 4.69) is 144 Å². The lowest BCUT2D eigenvalue weighted by atomic mass is 9.96. The fourth-order valence-electron chi connectivity index (χ4n) is 14.2. The standard InChI is InChI=1S/C22H19ClF2N2.C21H18Cl2N2.C21H17ClF2N2.C20H15Cl3N2/c1-3-20-22-16(9-10-26(20)2)17-13-15(23)5-7-21(17)27(22)11-8-14-4-6-18(24)19(25)12-14;1-14-3-6-20-17(11-14)16-8-9-24(2)13-21(16)25(20)10-7-15-4-5-18(22)19(23)12-15;1-13-21-16(8-9-25(13)2)17-12-15(22)4-6-20(17)26(21)10-7-14-3-5-18(23)19(24)11-14;1-24-8-7-15-16-11-14(21)3-5-19(16)25(20(15)12-24)9-6-13-2-4-17(22)18(23)10-13/h4-7,12-13,20H,3,9-10H2,1-2H3;3-6,11-12H,8-9,13H2,1-2H3;3-6,11-13H,8-9H2,1-2H3;2-5,10-11H,7-8,12H2,1H3. The zero-order valence-corrected chi connectivity index (χ0v) is 62.8. The van der Waals surface area contributed by atoms with E-state index in [0.717, 1.165) is 145 Å². The first-order valence-corrected chi connectivity index (χ1v) is 36.4. The van der Waals surface area contributed by atoms with Gasteiger partial charge in [-0.15, -0.1) is 0 Å². The van der Waals surface area contributed by atoms with Crippen LogP contribution < -0.4 is 0 Å². The Morgan fingerprint density at radius 3 is 1.19 bits per heavy atom. The Hall–Kier alpha value is -8.25. The van der Waals surface area contributed by atoms with Crippen molar-refractivity contribution in [1.82, 2.24) is 37.9 Å². The monoisotopic (exact) mass is 1510 g/mol. The molecule has 0 radical (unpaired) electrons. The van der Waals surface area contributed by atoms with Crippen LogP contribution in [0.4, 0.5) is 17.6 Å². The van der Waals surface area contributed by atoms with E-state index < -0.39 is 23.3 Å². The van der Waals surface area contributed by atoms with Crippen LogP contribution in [-0.4, -0.2) is 92.2 Å². The molecule has 522 valence electrons. The maximum atomic E-state index is 13.5. The van der Waals surface area contributed by atoms with Crippen LogP contribution >= 0.6 is 81.2 Å². The molecule has 8 aromatic carbocycles. The van der Waals surface area contributed by atoms with Crippen molar-refractivity contribution in [2.45, 2.75) is 78.0 Å². The van der Waals surface area contributed by atoms with Crippen molar-refractivity contribution in [3.05, 3.63) is 277 Å². The van der Waals surface area contributed by atoms with Gasteiger partial charge in [-0.1, -0.05) is 99.8 Å². The number of aromatic nitrogens is 4. The van der Waals surface area contributed by atoms with Crippen LogP contribution in [0.2, 0.25) is 35.2 Å². The van der Waals surface area contributed by atoms with Gasteiger partial charge < -0.3 is 9.80 Å². The summed E-state index contributed by atoms with van der Waals surface area (Å²) in [4.78, 5) is 9.25. The van der Waals surface area contributed by atoms with Gasteiger partial charge in [-0.3, -0.25) is 28.1 Å². The number of halogens is 11. The summed E-state index contributed by atoms with van der Waals surface area (Å²) < 4.78 is 61.5. The van der Waals surface area contributed by atoms with Crippen molar-refractivity contribution in [3.63, 3.8) is 0 Å². The van der Waals surface area contributed by atoms with Crippen molar-refractivity contribution < 1.29 is 17.6 Å². The molecule has 0 saturated carbocycles.